The van der Waals surface area contributed by atoms with Crippen LogP contribution >= 0.6 is 0 Å². The minimum absolute atomic E-state index is 0.0673. The van der Waals surface area contributed by atoms with Gasteiger partial charge in [0, 0.05) is 24.3 Å². The topological polar surface area (TPSA) is 58.4 Å². The summed E-state index contributed by atoms with van der Waals surface area (Å²) in [6.45, 7) is 3.99. The second kappa shape index (κ2) is 5.00. The summed E-state index contributed by atoms with van der Waals surface area (Å²) in [7, 11) is 0. The molecule has 20 heavy (non-hydrogen) atoms. The molecule has 1 saturated carbocycles. The van der Waals surface area contributed by atoms with Crippen LogP contribution in [0.4, 0.5) is 10.5 Å². The van der Waals surface area contributed by atoms with Gasteiger partial charge in [0.05, 0.1) is 5.54 Å². The summed E-state index contributed by atoms with van der Waals surface area (Å²) in [6.07, 6.45) is 4.18. The number of rotatable bonds is 2. The fourth-order valence-electron chi connectivity index (χ4n) is 3.01. The molecule has 1 heterocycles. The van der Waals surface area contributed by atoms with E-state index in [1.165, 1.54) is 0 Å². The highest BCUT2D eigenvalue weighted by atomic mass is 16.2. The van der Waals surface area contributed by atoms with E-state index in [-0.39, 0.29) is 11.6 Å². The van der Waals surface area contributed by atoms with Crippen LogP contribution in [0.5, 0.6) is 0 Å². The Morgan fingerprint density at radius 1 is 1.30 bits per heavy atom. The third kappa shape index (κ3) is 2.47. The first kappa shape index (κ1) is 13.3. The van der Waals surface area contributed by atoms with Crippen molar-refractivity contribution in [3.63, 3.8) is 0 Å². The molecule has 0 bridgehead atoms. The van der Waals surface area contributed by atoms with Crippen LogP contribution in [0.25, 0.3) is 0 Å². The van der Waals surface area contributed by atoms with Gasteiger partial charge in [-0.1, -0.05) is 25.1 Å². The lowest BCUT2D eigenvalue weighted by atomic mass is 9.99. The number of nitrogen functional groups attached to an aromatic ring is 1. The summed E-state index contributed by atoms with van der Waals surface area (Å²) in [5.74, 6) is 0.735. The monoisotopic (exact) mass is 273 g/mol. The molecule has 3 N–H and O–H groups in total. The molecule has 2 fully saturated rings. The first-order valence-electron chi connectivity index (χ1n) is 7.53. The SMILES string of the molecule is CC1CCN(C(=O)NC2(c3ccccc3N)CC2)CC1. The average molecular weight is 273 g/mol. The van der Waals surface area contributed by atoms with E-state index < -0.39 is 0 Å². The van der Waals surface area contributed by atoms with Crippen molar-refractivity contribution < 1.29 is 4.79 Å². The minimum Gasteiger partial charge on any atom is -0.398 e. The molecule has 3 rings (SSSR count). The molecule has 0 atom stereocenters. The quantitative estimate of drug-likeness (QED) is 0.814. The van der Waals surface area contributed by atoms with Gasteiger partial charge < -0.3 is 16.0 Å². The molecule has 2 aliphatic rings. The summed E-state index contributed by atoms with van der Waals surface area (Å²) in [5, 5.41) is 3.22. The van der Waals surface area contributed by atoms with Crippen LogP contribution in [0.15, 0.2) is 24.3 Å². The summed E-state index contributed by atoms with van der Waals surface area (Å²) in [4.78, 5) is 14.4. The van der Waals surface area contributed by atoms with Gasteiger partial charge in [0.1, 0.15) is 0 Å². The van der Waals surface area contributed by atoms with E-state index in [0.29, 0.717) is 0 Å². The Hall–Kier alpha value is -1.71. The molecule has 1 aromatic rings. The van der Waals surface area contributed by atoms with E-state index in [4.69, 9.17) is 5.73 Å². The summed E-state index contributed by atoms with van der Waals surface area (Å²) in [6, 6.07) is 7.92. The number of nitrogens with two attached hydrogens (primary N) is 1. The molecule has 0 unspecified atom stereocenters. The minimum atomic E-state index is -0.217. The Kier molecular flexibility index (Phi) is 3.32. The molecule has 4 heteroatoms. The first-order chi connectivity index (χ1) is 9.61. The number of urea groups is 1. The normalized spacial score (nSPS) is 21.6. The number of benzene rings is 1. The average Bonchev–Trinajstić information content (AvgIpc) is 3.20. The maximum absolute atomic E-state index is 12.4. The van der Waals surface area contributed by atoms with Crippen LogP contribution in [0.3, 0.4) is 0 Å². The molecule has 108 valence electrons. The van der Waals surface area contributed by atoms with Gasteiger partial charge in [-0.3, -0.25) is 0 Å². The molecule has 0 spiro atoms. The molecule has 0 radical (unpaired) electrons. The highest BCUT2D eigenvalue weighted by Gasteiger charge is 2.47. The number of carbonyl (C=O) groups is 1. The molecule has 1 aliphatic heterocycles. The van der Waals surface area contributed by atoms with E-state index in [2.05, 4.69) is 12.2 Å². The third-order valence-electron chi connectivity index (χ3n) is 4.64. The lowest BCUT2D eigenvalue weighted by Crippen LogP contribution is -2.48. The maximum Gasteiger partial charge on any atom is 0.318 e. The van der Waals surface area contributed by atoms with Crippen LogP contribution in [0.2, 0.25) is 0 Å². The van der Waals surface area contributed by atoms with Crippen LogP contribution in [-0.4, -0.2) is 24.0 Å². The van der Waals surface area contributed by atoms with Gasteiger partial charge >= 0.3 is 6.03 Å². The number of anilines is 1. The fraction of sp³-hybridized carbons (Fsp3) is 0.562. The molecule has 4 nitrogen and oxygen atoms in total. The Bertz CT molecular complexity index is 502. The van der Waals surface area contributed by atoms with Gasteiger partial charge in [-0.15, -0.1) is 0 Å². The number of amides is 2. The number of nitrogens with zero attached hydrogens (tertiary/aromatic N) is 1. The Morgan fingerprint density at radius 3 is 2.55 bits per heavy atom. The summed E-state index contributed by atoms with van der Waals surface area (Å²) in [5.41, 5.74) is 7.68. The number of piperidine rings is 1. The van der Waals surface area contributed by atoms with Gasteiger partial charge in [-0.05, 0) is 37.7 Å². The molecular weight excluding hydrogens is 250 g/mol. The van der Waals surface area contributed by atoms with E-state index in [9.17, 15) is 4.79 Å². The number of para-hydroxylation sites is 1. The zero-order valence-electron chi connectivity index (χ0n) is 12.1. The predicted octanol–water partition coefficient (Wildman–Crippen LogP) is 2.70. The van der Waals surface area contributed by atoms with E-state index >= 15 is 0 Å². The number of hydrogen-bond donors (Lipinski definition) is 2. The predicted molar refractivity (Wildman–Crippen MR) is 80.3 cm³/mol. The van der Waals surface area contributed by atoms with Gasteiger partial charge in [0.25, 0.3) is 0 Å². The Morgan fingerprint density at radius 2 is 1.95 bits per heavy atom. The zero-order chi connectivity index (χ0) is 14.2. The Balaban J connectivity index is 1.68. The van der Waals surface area contributed by atoms with Crippen molar-refractivity contribution in [1.82, 2.24) is 10.2 Å². The lowest BCUT2D eigenvalue weighted by molar-refractivity contribution is 0.169. The molecule has 1 aliphatic carbocycles. The van der Waals surface area contributed by atoms with Crippen molar-refractivity contribution in [3.05, 3.63) is 29.8 Å². The van der Waals surface area contributed by atoms with Crippen LogP contribution < -0.4 is 11.1 Å². The fourth-order valence-corrected chi connectivity index (χ4v) is 3.01. The van der Waals surface area contributed by atoms with Crippen molar-refractivity contribution >= 4 is 11.7 Å². The van der Waals surface area contributed by atoms with Crippen LogP contribution in [0, 0.1) is 5.92 Å². The van der Waals surface area contributed by atoms with E-state index in [1.807, 2.05) is 29.2 Å². The highest BCUT2D eigenvalue weighted by Crippen LogP contribution is 2.47. The first-order valence-corrected chi connectivity index (χ1v) is 7.53. The third-order valence-corrected chi connectivity index (χ3v) is 4.64. The molecule has 2 amide bonds. The van der Waals surface area contributed by atoms with Crippen molar-refractivity contribution in [2.75, 3.05) is 18.8 Å². The number of nitrogens with one attached hydrogen (secondary N) is 1. The Labute approximate surface area is 120 Å². The molecule has 0 aromatic heterocycles. The number of likely N-dealkylation sites (tertiary alicyclic amines) is 1. The van der Waals surface area contributed by atoms with Crippen LogP contribution in [-0.2, 0) is 5.54 Å². The summed E-state index contributed by atoms with van der Waals surface area (Å²) < 4.78 is 0. The molecular formula is C16H23N3O. The van der Waals surface area contributed by atoms with Crippen molar-refractivity contribution in [1.29, 1.82) is 0 Å². The molecule has 1 aromatic carbocycles. The van der Waals surface area contributed by atoms with Gasteiger partial charge in [-0.2, -0.15) is 0 Å². The van der Waals surface area contributed by atoms with Gasteiger partial charge in [-0.25, -0.2) is 4.79 Å². The second-order valence-electron chi connectivity index (χ2n) is 6.27. The standard InChI is InChI=1S/C16H23N3O/c1-12-6-10-19(11-7-12)15(20)18-16(8-9-16)13-4-2-3-5-14(13)17/h2-5,12H,6-11,17H2,1H3,(H,18,20). The van der Waals surface area contributed by atoms with Gasteiger partial charge in [0.2, 0.25) is 0 Å². The zero-order valence-corrected chi connectivity index (χ0v) is 12.1. The van der Waals surface area contributed by atoms with E-state index in [0.717, 1.165) is 55.9 Å². The second-order valence-corrected chi connectivity index (χ2v) is 6.27. The number of carbonyl (C=O) groups excluding carboxylic acids is 1. The van der Waals surface area contributed by atoms with Crippen LogP contribution in [0.1, 0.15) is 38.2 Å². The smallest absolute Gasteiger partial charge is 0.318 e. The highest BCUT2D eigenvalue weighted by molar-refractivity contribution is 5.76. The van der Waals surface area contributed by atoms with Crippen molar-refractivity contribution in [3.8, 4) is 0 Å². The van der Waals surface area contributed by atoms with Crippen molar-refractivity contribution in [2.24, 2.45) is 5.92 Å². The largest absolute Gasteiger partial charge is 0.398 e. The van der Waals surface area contributed by atoms with E-state index in [1.54, 1.807) is 0 Å². The lowest BCUT2D eigenvalue weighted by Gasteiger charge is -2.32. The van der Waals surface area contributed by atoms with Gasteiger partial charge in [0.15, 0.2) is 0 Å². The number of hydrogen-bond acceptors (Lipinski definition) is 2. The maximum atomic E-state index is 12.4. The summed E-state index contributed by atoms with van der Waals surface area (Å²) >= 11 is 0. The molecule has 1 saturated heterocycles. The van der Waals surface area contributed by atoms with Crippen molar-refractivity contribution in [2.45, 2.75) is 38.1 Å².